The number of nitrogen functional groups attached to an aromatic ring is 1. The van der Waals surface area contributed by atoms with E-state index < -0.39 is 24.3 Å². The van der Waals surface area contributed by atoms with Gasteiger partial charge in [0.25, 0.3) is 0 Å². The molecule has 2 heterocycles. The minimum atomic E-state index is -5.08. The minimum absolute atomic E-state index is 0.0201. The van der Waals surface area contributed by atoms with Crippen LogP contribution in [0.25, 0.3) is 22.3 Å². The molecule has 4 rings (SSSR count). The molecule has 0 fully saturated rings. The predicted molar refractivity (Wildman–Crippen MR) is 160 cm³/mol. The number of amides is 1. The second-order valence-corrected chi connectivity index (χ2v) is 9.89. The number of aromatic amines is 1. The first-order valence-electron chi connectivity index (χ1n) is 13.7. The summed E-state index contributed by atoms with van der Waals surface area (Å²) in [5.41, 5.74) is 10.2. The highest BCUT2D eigenvalue weighted by atomic mass is 19.4. The summed E-state index contributed by atoms with van der Waals surface area (Å²) in [6, 6.07) is 15.4. The van der Waals surface area contributed by atoms with E-state index in [1.165, 1.54) is 0 Å². The number of imidazole rings is 1. The summed E-state index contributed by atoms with van der Waals surface area (Å²) < 4.78 is 69.3. The zero-order chi connectivity index (χ0) is 36.1. The number of nitrogens with zero attached hydrogens (tertiary/aromatic N) is 4. The van der Waals surface area contributed by atoms with Crippen LogP contribution in [0.2, 0.25) is 0 Å². The summed E-state index contributed by atoms with van der Waals surface area (Å²) in [5.74, 6) is -3.64. The molecule has 0 saturated carbocycles. The molecule has 0 aliphatic carbocycles. The molecule has 48 heavy (non-hydrogen) atoms. The van der Waals surface area contributed by atoms with E-state index >= 15 is 0 Å². The Balaban J connectivity index is 0.000000479. The van der Waals surface area contributed by atoms with E-state index in [4.69, 9.17) is 30.3 Å². The van der Waals surface area contributed by atoms with Crippen LogP contribution >= 0.6 is 0 Å². The number of anilines is 1. The van der Waals surface area contributed by atoms with E-state index in [1.54, 1.807) is 6.20 Å². The van der Waals surface area contributed by atoms with Crippen LogP contribution < -0.4 is 15.8 Å². The lowest BCUT2D eigenvalue weighted by Gasteiger charge is -2.10. The number of halogens is 6. The molecule has 0 bridgehead atoms. The summed E-state index contributed by atoms with van der Waals surface area (Å²) in [5, 5.41) is 17.2. The number of hydrogen-bond acceptors (Lipinski definition) is 9. The van der Waals surface area contributed by atoms with Crippen molar-refractivity contribution in [1.29, 1.82) is 0 Å². The molecule has 0 saturated heterocycles. The van der Waals surface area contributed by atoms with Gasteiger partial charge < -0.3 is 35.9 Å². The Hall–Kier alpha value is -5.46. The Morgan fingerprint density at radius 3 is 2.08 bits per heavy atom. The van der Waals surface area contributed by atoms with Gasteiger partial charge in [-0.2, -0.15) is 26.3 Å². The zero-order valence-electron chi connectivity index (χ0n) is 25.4. The zero-order valence-corrected chi connectivity index (χ0v) is 25.4. The monoisotopic (exact) mass is 687 g/mol. The van der Waals surface area contributed by atoms with Crippen molar-refractivity contribution in [3.63, 3.8) is 0 Å². The maximum Gasteiger partial charge on any atom is 0.490 e. The summed E-state index contributed by atoms with van der Waals surface area (Å²) in [6.07, 6.45) is -7.53. The van der Waals surface area contributed by atoms with Gasteiger partial charge in [0.2, 0.25) is 11.9 Å². The molecule has 2 aromatic carbocycles. The van der Waals surface area contributed by atoms with Crippen LogP contribution in [-0.4, -0.2) is 99.0 Å². The molecule has 260 valence electrons. The van der Waals surface area contributed by atoms with Crippen molar-refractivity contribution >= 4 is 34.8 Å². The van der Waals surface area contributed by atoms with Gasteiger partial charge in [0, 0.05) is 31.3 Å². The maximum atomic E-state index is 12.0. The lowest BCUT2D eigenvalue weighted by atomic mass is 10.1. The number of benzene rings is 2. The number of carboxylic acid groups (broad SMARTS) is 2. The number of rotatable bonds is 10. The van der Waals surface area contributed by atoms with E-state index in [0.717, 1.165) is 46.0 Å². The quantitative estimate of drug-likeness (QED) is 0.153. The normalized spacial score (nSPS) is 11.2. The van der Waals surface area contributed by atoms with Crippen LogP contribution in [0.4, 0.5) is 32.3 Å². The van der Waals surface area contributed by atoms with Gasteiger partial charge in [0.15, 0.2) is 0 Å². The fraction of sp³-hybridized carbons (Fsp3) is 0.310. The Morgan fingerprint density at radius 1 is 0.938 bits per heavy atom. The third-order valence-electron chi connectivity index (χ3n) is 5.76. The number of nitrogens with two attached hydrogens (primary N) is 1. The van der Waals surface area contributed by atoms with Crippen molar-refractivity contribution in [1.82, 2.24) is 30.2 Å². The molecule has 4 aromatic rings. The van der Waals surface area contributed by atoms with E-state index in [0.29, 0.717) is 26.0 Å². The third-order valence-corrected chi connectivity index (χ3v) is 5.76. The number of carbonyl (C=O) groups is 3. The number of H-pyrrole nitrogens is 1. The number of carbonyl (C=O) groups excluding carboxylic acids is 1. The molecule has 0 radical (unpaired) electrons. The van der Waals surface area contributed by atoms with Crippen molar-refractivity contribution < 1.29 is 55.7 Å². The van der Waals surface area contributed by atoms with Crippen LogP contribution in [-0.2, 0) is 27.2 Å². The Bertz CT molecular complexity index is 1640. The summed E-state index contributed by atoms with van der Waals surface area (Å²) >= 11 is 0. The van der Waals surface area contributed by atoms with Gasteiger partial charge in [0.05, 0.1) is 29.8 Å². The Morgan fingerprint density at radius 2 is 1.54 bits per heavy atom. The van der Waals surface area contributed by atoms with Gasteiger partial charge in [-0.05, 0) is 50.0 Å². The molecule has 0 aliphatic rings. The Kier molecular flexibility index (Phi) is 14.1. The molecule has 19 heteroatoms. The predicted octanol–water partition coefficient (Wildman–Crippen LogP) is 3.71. The molecule has 0 spiro atoms. The number of ether oxygens (including phenoxy) is 1. The number of aliphatic carboxylic acids is 2. The van der Waals surface area contributed by atoms with Gasteiger partial charge >= 0.3 is 24.3 Å². The molecule has 13 nitrogen and oxygen atoms in total. The minimum Gasteiger partial charge on any atom is -0.493 e. The standard InChI is InChI=1S/C25H29N7O2.2C2HF3O2/c1-32(2)13-12-27-24(33)15-17-3-6-19(7-4-17)34-14-10-23-29-21-8-5-18(16-22(21)30-23)20-9-11-28-25(26)31-20;2*3-2(4,5)1(6)7/h3-9,11,16H,10,12-15H2,1-2H3,(H,27,33)(H,29,30)(H2,26,28,31);2*(H,6,7). The fourth-order valence-corrected chi connectivity index (χ4v) is 3.51. The lowest BCUT2D eigenvalue weighted by Crippen LogP contribution is -2.32. The summed E-state index contributed by atoms with van der Waals surface area (Å²) in [4.78, 5) is 48.0. The number of hydrogen-bond donors (Lipinski definition) is 5. The van der Waals surface area contributed by atoms with Crippen LogP contribution in [0.5, 0.6) is 5.75 Å². The van der Waals surface area contributed by atoms with Crippen molar-refractivity contribution in [3.8, 4) is 17.0 Å². The van der Waals surface area contributed by atoms with Crippen LogP contribution in [0.1, 0.15) is 11.4 Å². The van der Waals surface area contributed by atoms with Gasteiger partial charge in [-0.15, -0.1) is 0 Å². The van der Waals surface area contributed by atoms with Crippen molar-refractivity contribution in [2.45, 2.75) is 25.2 Å². The Labute approximate surface area is 268 Å². The van der Waals surface area contributed by atoms with E-state index in [2.05, 4.69) is 25.3 Å². The van der Waals surface area contributed by atoms with Crippen molar-refractivity contribution in [2.24, 2.45) is 0 Å². The molecule has 2 aromatic heterocycles. The fourth-order valence-electron chi connectivity index (χ4n) is 3.51. The van der Waals surface area contributed by atoms with Gasteiger partial charge in [-0.3, -0.25) is 4.79 Å². The second kappa shape index (κ2) is 17.5. The van der Waals surface area contributed by atoms with E-state index in [-0.39, 0.29) is 11.9 Å². The highest BCUT2D eigenvalue weighted by Crippen LogP contribution is 2.22. The van der Waals surface area contributed by atoms with Crippen LogP contribution in [0.3, 0.4) is 0 Å². The first-order chi connectivity index (χ1) is 22.3. The largest absolute Gasteiger partial charge is 0.493 e. The van der Waals surface area contributed by atoms with Gasteiger partial charge in [0.1, 0.15) is 11.6 Å². The SMILES string of the molecule is CN(C)CCNC(=O)Cc1ccc(OCCc2nc3ccc(-c4ccnc(N)n4)cc3[nH]2)cc1.O=C(O)C(F)(F)F.O=C(O)C(F)(F)F. The smallest absolute Gasteiger partial charge is 0.490 e. The molecule has 0 unspecified atom stereocenters. The number of fused-ring (bicyclic) bond motifs is 1. The maximum absolute atomic E-state index is 12.0. The first kappa shape index (κ1) is 38.7. The highest BCUT2D eigenvalue weighted by molar-refractivity contribution is 5.81. The topological polar surface area (TPSA) is 197 Å². The molecule has 0 atom stereocenters. The molecular weight excluding hydrogens is 656 g/mol. The first-order valence-corrected chi connectivity index (χ1v) is 13.7. The number of aromatic nitrogens is 4. The average molecular weight is 688 g/mol. The number of alkyl halides is 6. The number of nitrogens with one attached hydrogen (secondary N) is 2. The van der Waals surface area contributed by atoms with E-state index in [1.807, 2.05) is 67.5 Å². The number of likely N-dealkylation sites (N-methyl/N-ethyl adjacent to an activating group) is 1. The molecule has 0 aliphatic heterocycles. The van der Waals surface area contributed by atoms with Crippen molar-refractivity contribution in [3.05, 3.63) is 66.1 Å². The second-order valence-electron chi connectivity index (χ2n) is 9.89. The average Bonchev–Trinajstić information content (AvgIpc) is 3.39. The summed E-state index contributed by atoms with van der Waals surface area (Å²) in [7, 11) is 3.96. The number of carboxylic acids is 2. The molecule has 1 amide bonds. The van der Waals surface area contributed by atoms with Crippen molar-refractivity contribution in [2.75, 3.05) is 39.5 Å². The molecule has 6 N–H and O–H groups in total. The third kappa shape index (κ3) is 13.9. The van der Waals surface area contributed by atoms with E-state index in [9.17, 15) is 31.1 Å². The molecular formula is C29H31F6N7O6. The lowest BCUT2D eigenvalue weighted by molar-refractivity contribution is -0.193. The summed E-state index contributed by atoms with van der Waals surface area (Å²) in [6.45, 7) is 1.95. The van der Waals surface area contributed by atoms with Gasteiger partial charge in [-0.1, -0.05) is 18.2 Å². The van der Waals surface area contributed by atoms with Crippen LogP contribution in [0, 0.1) is 0 Å². The van der Waals surface area contributed by atoms with Crippen LogP contribution in [0.15, 0.2) is 54.7 Å². The highest BCUT2D eigenvalue weighted by Gasteiger charge is 2.38. The van der Waals surface area contributed by atoms with Gasteiger partial charge in [-0.25, -0.2) is 24.5 Å².